The highest BCUT2D eigenvalue weighted by molar-refractivity contribution is 6.34. The third-order valence-corrected chi connectivity index (χ3v) is 7.42. The fourth-order valence-corrected chi connectivity index (χ4v) is 5.24. The van der Waals surface area contributed by atoms with Crippen LogP contribution in [0.15, 0.2) is 79.3 Å². The molecular weight excluding hydrogens is 556 g/mol. The number of aromatic nitrogens is 4. The van der Waals surface area contributed by atoms with E-state index in [1.54, 1.807) is 49.7 Å². The van der Waals surface area contributed by atoms with Crippen LogP contribution in [-0.2, 0) is 6.61 Å². The second-order valence-corrected chi connectivity index (χ2v) is 10.3. The van der Waals surface area contributed by atoms with Crippen molar-refractivity contribution in [1.82, 2.24) is 19.7 Å². The normalized spacial score (nSPS) is 13.2. The van der Waals surface area contributed by atoms with Crippen LogP contribution in [0.3, 0.4) is 0 Å². The van der Waals surface area contributed by atoms with E-state index in [0.717, 1.165) is 18.4 Å². The van der Waals surface area contributed by atoms with Crippen LogP contribution in [0.2, 0.25) is 5.02 Å². The van der Waals surface area contributed by atoms with Crippen molar-refractivity contribution in [3.05, 3.63) is 89.8 Å². The van der Waals surface area contributed by atoms with Crippen molar-refractivity contribution in [2.75, 3.05) is 17.7 Å². The summed E-state index contributed by atoms with van der Waals surface area (Å²) in [6.45, 7) is 0.387. The molecule has 2 heterocycles. The molecule has 2 amide bonds. The highest BCUT2D eigenvalue weighted by atomic mass is 35.5. The standard InChI is InChI=1S/C31H29ClN6O4/c1-40-27-16-23-26(17-28(27)41-18-20-7-3-2-4-8-20)33-19-34-30(23)42-22-11-12-25(24(32)15-22)36-31(39)37-29-13-14-35-38(29)21-9-5-6-10-21/h2-4,7-8,11-17,19,21H,5-6,9-10,18H2,1H3,(H2,36,37,39). The lowest BCUT2D eigenvalue weighted by Gasteiger charge is -2.15. The number of hydrogen-bond acceptors (Lipinski definition) is 7. The molecule has 2 N–H and O–H groups in total. The molecule has 0 spiro atoms. The van der Waals surface area contributed by atoms with Crippen LogP contribution < -0.4 is 24.8 Å². The van der Waals surface area contributed by atoms with E-state index >= 15 is 0 Å². The van der Waals surface area contributed by atoms with Gasteiger partial charge in [0.1, 0.15) is 24.5 Å². The number of ether oxygens (including phenoxy) is 3. The average molecular weight is 585 g/mol. The van der Waals surface area contributed by atoms with Gasteiger partial charge in [0.25, 0.3) is 0 Å². The molecular formula is C31H29ClN6O4. The summed E-state index contributed by atoms with van der Waals surface area (Å²) < 4.78 is 19.6. The Morgan fingerprint density at radius 3 is 2.62 bits per heavy atom. The molecule has 0 bridgehead atoms. The monoisotopic (exact) mass is 584 g/mol. The predicted molar refractivity (Wildman–Crippen MR) is 161 cm³/mol. The molecule has 1 aliphatic carbocycles. The van der Waals surface area contributed by atoms with Crippen LogP contribution in [0.1, 0.15) is 37.3 Å². The highest BCUT2D eigenvalue weighted by Crippen LogP contribution is 2.37. The van der Waals surface area contributed by atoms with Gasteiger partial charge < -0.3 is 19.5 Å². The number of hydrogen-bond donors (Lipinski definition) is 2. The quantitative estimate of drug-likeness (QED) is 0.183. The number of carbonyl (C=O) groups is 1. The minimum atomic E-state index is -0.413. The van der Waals surface area contributed by atoms with E-state index in [9.17, 15) is 4.79 Å². The summed E-state index contributed by atoms with van der Waals surface area (Å²) in [5.41, 5.74) is 2.10. The van der Waals surface area contributed by atoms with E-state index in [1.807, 2.05) is 35.0 Å². The van der Waals surface area contributed by atoms with E-state index in [2.05, 4.69) is 25.7 Å². The van der Waals surface area contributed by atoms with E-state index < -0.39 is 6.03 Å². The van der Waals surface area contributed by atoms with Gasteiger partial charge in [-0.1, -0.05) is 54.8 Å². The van der Waals surface area contributed by atoms with Crippen LogP contribution in [0, 0.1) is 0 Å². The van der Waals surface area contributed by atoms with Gasteiger partial charge in [-0.15, -0.1) is 0 Å². The van der Waals surface area contributed by atoms with Gasteiger partial charge in [0.05, 0.1) is 41.0 Å². The SMILES string of the molecule is COc1cc2c(Oc3ccc(NC(=O)Nc4ccnn4C4CCCC4)c(Cl)c3)ncnc2cc1OCc1ccccc1. The summed E-state index contributed by atoms with van der Waals surface area (Å²) in [5.74, 6) is 2.49. The van der Waals surface area contributed by atoms with Crippen molar-refractivity contribution in [2.45, 2.75) is 38.3 Å². The Morgan fingerprint density at radius 2 is 1.83 bits per heavy atom. The molecule has 0 radical (unpaired) electrons. The third-order valence-electron chi connectivity index (χ3n) is 7.11. The molecule has 10 nitrogen and oxygen atoms in total. The number of nitrogens with zero attached hydrogens (tertiary/aromatic N) is 4. The van der Waals surface area contributed by atoms with Gasteiger partial charge in [-0.2, -0.15) is 5.10 Å². The maximum Gasteiger partial charge on any atom is 0.324 e. The second-order valence-electron chi connectivity index (χ2n) is 9.90. The Morgan fingerprint density at radius 1 is 1.00 bits per heavy atom. The first-order valence-corrected chi connectivity index (χ1v) is 14.0. The topological polar surface area (TPSA) is 112 Å². The van der Waals surface area contributed by atoms with Crippen LogP contribution in [0.25, 0.3) is 10.9 Å². The summed E-state index contributed by atoms with van der Waals surface area (Å²) >= 11 is 6.52. The number of urea groups is 1. The van der Waals surface area contributed by atoms with Crippen LogP contribution in [0.4, 0.5) is 16.3 Å². The van der Waals surface area contributed by atoms with Crippen molar-refractivity contribution in [3.8, 4) is 23.1 Å². The summed E-state index contributed by atoms with van der Waals surface area (Å²) in [6, 6.07) is 20.1. The lowest BCUT2D eigenvalue weighted by molar-refractivity contribution is 0.262. The smallest absolute Gasteiger partial charge is 0.324 e. The molecule has 6 rings (SSSR count). The van der Waals surface area contributed by atoms with Crippen molar-refractivity contribution >= 4 is 40.0 Å². The molecule has 1 saturated carbocycles. The van der Waals surface area contributed by atoms with Crippen LogP contribution >= 0.6 is 11.6 Å². The van der Waals surface area contributed by atoms with E-state index in [1.165, 1.54) is 19.2 Å². The van der Waals surface area contributed by atoms with Crippen molar-refractivity contribution in [1.29, 1.82) is 0 Å². The van der Waals surface area contributed by atoms with Gasteiger partial charge in [-0.25, -0.2) is 19.4 Å². The lowest BCUT2D eigenvalue weighted by atomic mass is 10.2. The number of nitrogens with one attached hydrogen (secondary N) is 2. The first-order chi connectivity index (χ1) is 20.6. The Hall–Kier alpha value is -4.83. The van der Waals surface area contributed by atoms with Gasteiger partial charge in [0.2, 0.25) is 5.88 Å². The predicted octanol–water partition coefficient (Wildman–Crippen LogP) is 7.62. The summed E-state index contributed by atoms with van der Waals surface area (Å²) in [4.78, 5) is 21.5. The number of methoxy groups -OCH3 is 1. The molecule has 5 aromatic rings. The number of carbonyl (C=O) groups excluding carboxylic acids is 1. The molecule has 0 atom stereocenters. The Labute approximate surface area is 247 Å². The summed E-state index contributed by atoms with van der Waals surface area (Å²) in [7, 11) is 1.57. The molecule has 11 heteroatoms. The summed E-state index contributed by atoms with van der Waals surface area (Å²) in [6.07, 6.45) is 7.57. The molecule has 2 aromatic heterocycles. The first-order valence-electron chi connectivity index (χ1n) is 13.7. The fourth-order valence-electron chi connectivity index (χ4n) is 5.02. The number of amides is 2. The zero-order chi connectivity index (χ0) is 28.9. The third kappa shape index (κ3) is 6.08. The van der Waals surface area contributed by atoms with Gasteiger partial charge in [0, 0.05) is 18.2 Å². The fraction of sp³-hybridized carbons (Fsp3) is 0.226. The number of fused-ring (bicyclic) bond motifs is 1. The van der Waals surface area contributed by atoms with Crippen LogP contribution in [-0.4, -0.2) is 32.9 Å². The molecule has 0 saturated heterocycles. The number of benzene rings is 3. The van der Waals surface area contributed by atoms with Gasteiger partial charge in [-0.05, 0) is 36.6 Å². The van der Waals surface area contributed by atoms with E-state index in [0.29, 0.717) is 63.2 Å². The first kappa shape index (κ1) is 27.3. The molecule has 0 aliphatic heterocycles. The molecule has 214 valence electrons. The van der Waals surface area contributed by atoms with Gasteiger partial charge in [-0.3, -0.25) is 5.32 Å². The molecule has 42 heavy (non-hydrogen) atoms. The van der Waals surface area contributed by atoms with Gasteiger partial charge >= 0.3 is 6.03 Å². The average Bonchev–Trinajstić information content (AvgIpc) is 3.70. The second kappa shape index (κ2) is 12.4. The number of anilines is 2. The van der Waals surface area contributed by atoms with Crippen LogP contribution in [0.5, 0.6) is 23.1 Å². The maximum atomic E-state index is 12.7. The lowest BCUT2D eigenvalue weighted by Crippen LogP contribution is -2.22. The number of halogens is 1. The molecule has 1 aliphatic rings. The Bertz CT molecular complexity index is 1710. The minimum absolute atomic E-state index is 0.305. The maximum absolute atomic E-state index is 12.7. The van der Waals surface area contributed by atoms with Crippen molar-refractivity contribution in [2.24, 2.45) is 0 Å². The molecule has 0 unspecified atom stereocenters. The molecule has 1 fully saturated rings. The zero-order valence-electron chi connectivity index (χ0n) is 22.9. The van der Waals surface area contributed by atoms with Crippen molar-refractivity contribution in [3.63, 3.8) is 0 Å². The van der Waals surface area contributed by atoms with Gasteiger partial charge in [0.15, 0.2) is 11.5 Å². The van der Waals surface area contributed by atoms with Crippen molar-refractivity contribution < 1.29 is 19.0 Å². The van der Waals surface area contributed by atoms with E-state index in [-0.39, 0.29) is 0 Å². The number of rotatable bonds is 9. The molecule has 3 aromatic carbocycles. The Balaban J connectivity index is 1.15. The van der Waals surface area contributed by atoms with E-state index in [4.69, 9.17) is 25.8 Å². The summed E-state index contributed by atoms with van der Waals surface area (Å²) in [5, 5.41) is 11.0. The largest absolute Gasteiger partial charge is 0.493 e. The Kier molecular flexibility index (Phi) is 8.05. The zero-order valence-corrected chi connectivity index (χ0v) is 23.7. The minimum Gasteiger partial charge on any atom is -0.493 e. The highest BCUT2D eigenvalue weighted by Gasteiger charge is 2.21.